The van der Waals surface area contributed by atoms with E-state index in [4.69, 9.17) is 0 Å². The lowest BCUT2D eigenvalue weighted by molar-refractivity contribution is -0.114. The summed E-state index contributed by atoms with van der Waals surface area (Å²) in [5, 5.41) is 2.97. The summed E-state index contributed by atoms with van der Waals surface area (Å²) < 4.78 is 0. The van der Waals surface area contributed by atoms with Crippen LogP contribution in [0.3, 0.4) is 0 Å². The number of aliphatic imine (C=N–C) groups is 1. The second-order valence-corrected chi connectivity index (χ2v) is 5.53. The molecule has 0 unspecified atom stereocenters. The second-order valence-electron chi connectivity index (χ2n) is 5.53. The molecule has 1 aromatic heterocycles. The molecular formula is C20H15N3O. The fraction of sp³-hybridized carbons (Fsp3) is 0.0500. The number of hydrogen-bond acceptors (Lipinski definition) is 3. The van der Waals surface area contributed by atoms with Gasteiger partial charge in [-0.1, -0.05) is 60.7 Å². The first-order valence-corrected chi connectivity index (χ1v) is 7.77. The van der Waals surface area contributed by atoms with Crippen molar-refractivity contribution in [1.29, 1.82) is 0 Å². The predicted octanol–water partition coefficient (Wildman–Crippen LogP) is 3.54. The van der Waals surface area contributed by atoms with E-state index in [1.807, 2.05) is 66.7 Å². The summed E-state index contributed by atoms with van der Waals surface area (Å²) >= 11 is 0. The van der Waals surface area contributed by atoms with E-state index in [2.05, 4.69) is 15.3 Å². The Bertz CT molecular complexity index is 918. The summed E-state index contributed by atoms with van der Waals surface area (Å²) in [6.45, 7) is 0.104. The van der Waals surface area contributed by atoms with Gasteiger partial charge in [-0.2, -0.15) is 0 Å². The molecule has 1 N–H and O–H groups in total. The molecule has 2 heterocycles. The molecule has 0 bridgehead atoms. The highest BCUT2D eigenvalue weighted by Crippen LogP contribution is 2.31. The molecule has 1 aliphatic heterocycles. The summed E-state index contributed by atoms with van der Waals surface area (Å²) in [5.41, 5.74) is 5.12. The third kappa shape index (κ3) is 2.58. The van der Waals surface area contributed by atoms with Gasteiger partial charge in [0.05, 0.1) is 17.1 Å². The number of benzene rings is 2. The van der Waals surface area contributed by atoms with Crippen molar-refractivity contribution in [2.75, 3.05) is 11.9 Å². The van der Waals surface area contributed by atoms with Crippen molar-refractivity contribution in [3.63, 3.8) is 0 Å². The van der Waals surface area contributed by atoms with Gasteiger partial charge in [0.2, 0.25) is 5.91 Å². The summed E-state index contributed by atoms with van der Waals surface area (Å²) in [5.74, 6) is -0.132. The van der Waals surface area contributed by atoms with Gasteiger partial charge in [0.15, 0.2) is 0 Å². The molecule has 0 saturated carbocycles. The van der Waals surface area contributed by atoms with Crippen LogP contribution in [0.5, 0.6) is 0 Å². The maximum absolute atomic E-state index is 12.2. The molecule has 0 aliphatic carbocycles. The second kappa shape index (κ2) is 6.08. The molecule has 2 aromatic carbocycles. The maximum Gasteiger partial charge on any atom is 0.246 e. The number of hydrogen-bond donors (Lipinski definition) is 1. The van der Waals surface area contributed by atoms with Crippen LogP contribution in [-0.2, 0) is 4.79 Å². The van der Waals surface area contributed by atoms with Crippen LogP contribution < -0.4 is 5.32 Å². The highest BCUT2D eigenvalue weighted by molar-refractivity contribution is 6.20. The lowest BCUT2D eigenvalue weighted by Gasteiger charge is -2.14. The molecule has 4 heteroatoms. The van der Waals surface area contributed by atoms with E-state index in [0.29, 0.717) is 5.69 Å². The van der Waals surface area contributed by atoms with Crippen molar-refractivity contribution in [3.8, 4) is 11.3 Å². The topological polar surface area (TPSA) is 54.4 Å². The van der Waals surface area contributed by atoms with E-state index >= 15 is 0 Å². The number of pyridine rings is 1. The zero-order valence-electron chi connectivity index (χ0n) is 12.9. The van der Waals surface area contributed by atoms with Crippen LogP contribution in [-0.4, -0.2) is 23.1 Å². The lowest BCUT2D eigenvalue weighted by atomic mass is 9.98. The largest absolute Gasteiger partial charge is 0.322 e. The molecule has 3 aromatic rings. The van der Waals surface area contributed by atoms with Crippen molar-refractivity contribution >= 4 is 17.3 Å². The van der Waals surface area contributed by atoms with Gasteiger partial charge in [-0.3, -0.25) is 14.8 Å². The van der Waals surface area contributed by atoms with Gasteiger partial charge in [-0.25, -0.2) is 0 Å². The van der Waals surface area contributed by atoms with E-state index in [1.54, 1.807) is 6.20 Å². The fourth-order valence-corrected chi connectivity index (χ4v) is 2.86. The molecule has 4 nitrogen and oxygen atoms in total. The van der Waals surface area contributed by atoms with E-state index in [0.717, 1.165) is 28.1 Å². The van der Waals surface area contributed by atoms with Gasteiger partial charge >= 0.3 is 0 Å². The van der Waals surface area contributed by atoms with Gasteiger partial charge in [0.25, 0.3) is 0 Å². The quantitative estimate of drug-likeness (QED) is 0.787. The average molecular weight is 313 g/mol. The van der Waals surface area contributed by atoms with Gasteiger partial charge in [-0.15, -0.1) is 0 Å². The molecule has 4 rings (SSSR count). The third-order valence-corrected chi connectivity index (χ3v) is 3.95. The zero-order chi connectivity index (χ0) is 16.4. The fourth-order valence-electron chi connectivity index (χ4n) is 2.86. The Morgan fingerprint density at radius 1 is 0.833 bits per heavy atom. The Balaban J connectivity index is 1.93. The Morgan fingerprint density at radius 2 is 1.50 bits per heavy atom. The van der Waals surface area contributed by atoms with Crippen LogP contribution in [0.25, 0.3) is 11.3 Å². The summed E-state index contributed by atoms with van der Waals surface area (Å²) in [4.78, 5) is 21.2. The highest BCUT2D eigenvalue weighted by Gasteiger charge is 2.21. The Labute approximate surface area is 139 Å². The predicted molar refractivity (Wildman–Crippen MR) is 95.3 cm³/mol. The molecule has 0 saturated heterocycles. The van der Waals surface area contributed by atoms with Crippen LogP contribution in [0, 0.1) is 0 Å². The number of nitrogens with one attached hydrogen (secondary N) is 1. The van der Waals surface area contributed by atoms with Gasteiger partial charge in [0, 0.05) is 22.9 Å². The van der Waals surface area contributed by atoms with Crippen LogP contribution in [0.2, 0.25) is 0 Å². The minimum atomic E-state index is -0.132. The van der Waals surface area contributed by atoms with Crippen LogP contribution in [0.4, 0.5) is 5.69 Å². The van der Waals surface area contributed by atoms with Crippen molar-refractivity contribution in [3.05, 3.63) is 84.1 Å². The van der Waals surface area contributed by atoms with Crippen LogP contribution >= 0.6 is 0 Å². The molecule has 24 heavy (non-hydrogen) atoms. The van der Waals surface area contributed by atoms with Crippen LogP contribution in [0.1, 0.15) is 11.1 Å². The van der Waals surface area contributed by atoms with Crippen molar-refractivity contribution < 1.29 is 4.79 Å². The van der Waals surface area contributed by atoms with Crippen molar-refractivity contribution in [2.24, 2.45) is 4.99 Å². The molecule has 0 fully saturated rings. The van der Waals surface area contributed by atoms with E-state index in [9.17, 15) is 4.79 Å². The molecule has 116 valence electrons. The standard InChI is InChI=1S/C20H15N3O/c24-17-13-22-18(14-7-3-1-4-8-14)16-11-12-21-19(20(16)23-17)15-9-5-2-6-10-15/h1-12H,13H2,(H,23,24). The van der Waals surface area contributed by atoms with E-state index in [-0.39, 0.29) is 12.5 Å². The normalized spacial score (nSPS) is 13.5. The first-order chi connectivity index (χ1) is 11.8. The lowest BCUT2D eigenvalue weighted by Crippen LogP contribution is -2.14. The molecular weight excluding hydrogens is 298 g/mol. The summed E-state index contributed by atoms with van der Waals surface area (Å²) in [7, 11) is 0. The van der Waals surface area contributed by atoms with E-state index in [1.165, 1.54) is 0 Å². The Kier molecular flexibility index (Phi) is 3.63. The average Bonchev–Trinajstić information content (AvgIpc) is 2.81. The SMILES string of the molecule is O=C1CN=C(c2ccccc2)c2ccnc(-c3ccccc3)c2N1. The minimum Gasteiger partial charge on any atom is -0.322 e. The smallest absolute Gasteiger partial charge is 0.246 e. The number of aromatic nitrogens is 1. The Morgan fingerprint density at radius 3 is 2.21 bits per heavy atom. The molecule has 0 spiro atoms. The maximum atomic E-state index is 12.2. The number of amides is 1. The third-order valence-electron chi connectivity index (χ3n) is 3.95. The molecule has 1 aliphatic rings. The number of rotatable bonds is 2. The van der Waals surface area contributed by atoms with Gasteiger partial charge in [0.1, 0.15) is 6.54 Å². The van der Waals surface area contributed by atoms with E-state index < -0.39 is 0 Å². The minimum absolute atomic E-state index is 0.104. The Hall–Kier alpha value is -3.27. The molecule has 0 radical (unpaired) electrons. The highest BCUT2D eigenvalue weighted by atomic mass is 16.1. The molecule has 1 amide bonds. The van der Waals surface area contributed by atoms with Crippen molar-refractivity contribution in [1.82, 2.24) is 4.98 Å². The van der Waals surface area contributed by atoms with Crippen LogP contribution in [0.15, 0.2) is 77.9 Å². The van der Waals surface area contributed by atoms with Gasteiger partial charge < -0.3 is 5.32 Å². The number of nitrogens with zero attached hydrogens (tertiary/aromatic N) is 2. The number of carbonyl (C=O) groups excluding carboxylic acids is 1. The number of carbonyl (C=O) groups is 1. The number of fused-ring (bicyclic) bond motifs is 1. The van der Waals surface area contributed by atoms with Crippen molar-refractivity contribution in [2.45, 2.75) is 0 Å². The monoisotopic (exact) mass is 313 g/mol. The van der Waals surface area contributed by atoms with Gasteiger partial charge in [-0.05, 0) is 6.07 Å². The first-order valence-electron chi connectivity index (χ1n) is 7.77. The number of anilines is 1. The summed E-state index contributed by atoms with van der Waals surface area (Å²) in [6.07, 6.45) is 1.76. The zero-order valence-corrected chi connectivity index (χ0v) is 12.9. The summed E-state index contributed by atoms with van der Waals surface area (Å²) in [6, 6.07) is 21.7. The first kappa shape index (κ1) is 14.3. The molecule has 0 atom stereocenters.